The number of hydrogen-bond acceptors (Lipinski definition) is 5. The third-order valence-corrected chi connectivity index (χ3v) is 4.36. The second kappa shape index (κ2) is 8.10. The highest BCUT2D eigenvalue weighted by Gasteiger charge is 2.16. The molecule has 0 radical (unpaired) electrons. The van der Waals surface area contributed by atoms with Crippen molar-refractivity contribution in [1.82, 2.24) is 14.4 Å². The molecule has 4 rings (SSSR count). The molecular formula is C21H17FN6O2. The van der Waals surface area contributed by atoms with Gasteiger partial charge in [0, 0.05) is 25.1 Å². The van der Waals surface area contributed by atoms with E-state index < -0.39 is 17.6 Å². The van der Waals surface area contributed by atoms with E-state index >= 15 is 0 Å². The maximum atomic E-state index is 13.8. The highest BCUT2D eigenvalue weighted by Crippen LogP contribution is 2.24. The summed E-state index contributed by atoms with van der Waals surface area (Å²) >= 11 is 0. The number of amides is 2. The summed E-state index contributed by atoms with van der Waals surface area (Å²) in [5.41, 5.74) is 7.75. The van der Waals surface area contributed by atoms with Crippen molar-refractivity contribution in [1.29, 1.82) is 0 Å². The zero-order valence-corrected chi connectivity index (χ0v) is 15.7. The second-order valence-electron chi connectivity index (χ2n) is 6.45. The molecule has 3 heterocycles. The summed E-state index contributed by atoms with van der Waals surface area (Å²) < 4.78 is 15.5. The van der Waals surface area contributed by atoms with E-state index in [1.165, 1.54) is 18.3 Å². The first kappa shape index (κ1) is 19.2. The number of benzene rings is 1. The van der Waals surface area contributed by atoms with E-state index in [0.717, 1.165) is 11.6 Å². The predicted molar refractivity (Wildman–Crippen MR) is 110 cm³/mol. The number of aromatic nitrogens is 3. The lowest BCUT2D eigenvalue weighted by molar-refractivity contribution is 0.101. The first-order valence-electron chi connectivity index (χ1n) is 9.04. The smallest absolute Gasteiger partial charge is 0.275 e. The number of hydrogen-bond donors (Lipinski definition) is 3. The van der Waals surface area contributed by atoms with Crippen molar-refractivity contribution < 1.29 is 14.0 Å². The Labute approximate surface area is 170 Å². The van der Waals surface area contributed by atoms with Gasteiger partial charge in [-0.2, -0.15) is 0 Å². The quantitative estimate of drug-likeness (QED) is 0.473. The average Bonchev–Trinajstić information content (AvgIpc) is 3.19. The summed E-state index contributed by atoms with van der Waals surface area (Å²) in [5.74, 6) is -1.60. The molecule has 4 N–H and O–H groups in total. The minimum Gasteiger partial charge on any atom is -0.326 e. The number of nitrogens with one attached hydrogen (secondary N) is 2. The van der Waals surface area contributed by atoms with Gasteiger partial charge in [-0.1, -0.05) is 12.1 Å². The van der Waals surface area contributed by atoms with Crippen molar-refractivity contribution in [3.05, 3.63) is 89.9 Å². The van der Waals surface area contributed by atoms with E-state index in [-0.39, 0.29) is 22.8 Å². The summed E-state index contributed by atoms with van der Waals surface area (Å²) in [6, 6.07) is 12.1. The molecule has 0 saturated heterocycles. The molecule has 9 heteroatoms. The van der Waals surface area contributed by atoms with Gasteiger partial charge in [-0.3, -0.25) is 14.6 Å². The lowest BCUT2D eigenvalue weighted by Crippen LogP contribution is -2.18. The number of anilines is 2. The lowest BCUT2D eigenvalue weighted by Gasteiger charge is -2.11. The molecule has 0 fully saturated rings. The minimum atomic E-state index is -0.566. The first-order chi connectivity index (χ1) is 14.5. The number of halogens is 1. The van der Waals surface area contributed by atoms with E-state index in [1.54, 1.807) is 41.1 Å². The average molecular weight is 404 g/mol. The van der Waals surface area contributed by atoms with Crippen LogP contribution in [0, 0.1) is 5.82 Å². The van der Waals surface area contributed by atoms with Crippen LogP contribution in [0.5, 0.6) is 0 Å². The molecular weight excluding hydrogens is 387 g/mol. The molecule has 0 atom stereocenters. The summed E-state index contributed by atoms with van der Waals surface area (Å²) in [4.78, 5) is 33.3. The van der Waals surface area contributed by atoms with Gasteiger partial charge in [-0.15, -0.1) is 0 Å². The topological polar surface area (TPSA) is 114 Å². The molecule has 0 bridgehead atoms. The number of rotatable bonds is 5. The lowest BCUT2D eigenvalue weighted by atomic mass is 10.2. The molecule has 150 valence electrons. The molecule has 30 heavy (non-hydrogen) atoms. The molecule has 1 aromatic carbocycles. The molecule has 8 nitrogen and oxygen atoms in total. The molecule has 3 aromatic heterocycles. The van der Waals surface area contributed by atoms with Crippen LogP contribution in [0.2, 0.25) is 0 Å². The number of fused-ring (bicyclic) bond motifs is 1. The molecule has 0 unspecified atom stereocenters. The summed E-state index contributed by atoms with van der Waals surface area (Å²) in [7, 11) is 0. The molecule has 0 saturated carbocycles. The van der Waals surface area contributed by atoms with Crippen LogP contribution in [0.15, 0.2) is 67.1 Å². The van der Waals surface area contributed by atoms with E-state index in [9.17, 15) is 14.0 Å². The van der Waals surface area contributed by atoms with Crippen LogP contribution in [0.4, 0.5) is 15.8 Å². The van der Waals surface area contributed by atoms with Crippen LogP contribution in [-0.2, 0) is 6.54 Å². The van der Waals surface area contributed by atoms with E-state index in [4.69, 9.17) is 5.73 Å². The minimum absolute atomic E-state index is 0.101. The van der Waals surface area contributed by atoms with Crippen LogP contribution in [0.25, 0.3) is 5.65 Å². The Morgan fingerprint density at radius 3 is 2.53 bits per heavy atom. The highest BCUT2D eigenvalue weighted by atomic mass is 19.1. The van der Waals surface area contributed by atoms with Crippen molar-refractivity contribution in [3.8, 4) is 0 Å². The molecule has 0 aliphatic carbocycles. The monoisotopic (exact) mass is 404 g/mol. The van der Waals surface area contributed by atoms with Crippen LogP contribution >= 0.6 is 0 Å². The number of nitrogens with zero attached hydrogens (tertiary/aromatic N) is 3. The largest absolute Gasteiger partial charge is 0.326 e. The Balaban J connectivity index is 1.58. The number of carbonyl (C=O) groups is 2. The number of nitrogens with two attached hydrogens (primary N) is 1. The Morgan fingerprint density at radius 2 is 1.77 bits per heavy atom. The van der Waals surface area contributed by atoms with Crippen molar-refractivity contribution >= 4 is 28.8 Å². The molecule has 0 aliphatic heterocycles. The Morgan fingerprint density at radius 1 is 0.967 bits per heavy atom. The Bertz CT molecular complexity index is 1240. The molecule has 2 amide bonds. The normalized spacial score (nSPS) is 10.7. The number of pyridine rings is 2. The fourth-order valence-corrected chi connectivity index (χ4v) is 2.87. The predicted octanol–water partition coefficient (Wildman–Crippen LogP) is 2.83. The van der Waals surface area contributed by atoms with E-state index in [1.807, 2.05) is 6.07 Å². The third-order valence-electron chi connectivity index (χ3n) is 4.36. The maximum Gasteiger partial charge on any atom is 0.275 e. The van der Waals surface area contributed by atoms with Crippen LogP contribution in [0.3, 0.4) is 0 Å². The fourth-order valence-electron chi connectivity index (χ4n) is 2.87. The van der Waals surface area contributed by atoms with Gasteiger partial charge in [0.2, 0.25) is 0 Å². The van der Waals surface area contributed by atoms with Gasteiger partial charge in [-0.05, 0) is 42.0 Å². The van der Waals surface area contributed by atoms with Gasteiger partial charge in [-0.25, -0.2) is 9.37 Å². The SMILES string of the molecule is NCc1ccc2nc(C(=O)Nc3cc(F)ccc3NC(=O)c3ccccn3)cn2c1. The Kier molecular flexibility index (Phi) is 5.19. The Hall–Kier alpha value is -4.11. The number of carbonyl (C=O) groups excluding carboxylic acids is 2. The van der Waals surface area contributed by atoms with Gasteiger partial charge in [0.05, 0.1) is 11.4 Å². The van der Waals surface area contributed by atoms with E-state index in [2.05, 4.69) is 20.6 Å². The van der Waals surface area contributed by atoms with Gasteiger partial charge in [0.15, 0.2) is 0 Å². The van der Waals surface area contributed by atoms with Gasteiger partial charge >= 0.3 is 0 Å². The molecule has 0 aliphatic rings. The van der Waals surface area contributed by atoms with Crippen molar-refractivity contribution in [2.24, 2.45) is 5.73 Å². The van der Waals surface area contributed by atoms with Gasteiger partial charge in [0.25, 0.3) is 11.8 Å². The van der Waals surface area contributed by atoms with Crippen molar-refractivity contribution in [2.45, 2.75) is 6.54 Å². The molecule has 4 aromatic rings. The first-order valence-corrected chi connectivity index (χ1v) is 9.04. The summed E-state index contributed by atoms with van der Waals surface area (Å²) in [6.07, 6.45) is 4.82. The fraction of sp³-hybridized carbons (Fsp3) is 0.0476. The third kappa shape index (κ3) is 4.01. The second-order valence-corrected chi connectivity index (χ2v) is 6.45. The zero-order valence-electron chi connectivity index (χ0n) is 15.7. The zero-order chi connectivity index (χ0) is 21.1. The summed E-state index contributed by atoms with van der Waals surface area (Å²) in [5, 5.41) is 5.23. The maximum absolute atomic E-state index is 13.8. The van der Waals surface area contributed by atoms with Crippen LogP contribution in [0.1, 0.15) is 26.5 Å². The summed E-state index contributed by atoms with van der Waals surface area (Å²) in [6.45, 7) is 0.359. The number of imidazole rings is 1. The van der Waals surface area contributed by atoms with E-state index in [0.29, 0.717) is 12.2 Å². The van der Waals surface area contributed by atoms with Crippen LogP contribution < -0.4 is 16.4 Å². The van der Waals surface area contributed by atoms with Crippen LogP contribution in [-0.4, -0.2) is 26.2 Å². The highest BCUT2D eigenvalue weighted by molar-refractivity contribution is 6.09. The van der Waals surface area contributed by atoms with Crippen molar-refractivity contribution in [3.63, 3.8) is 0 Å². The standard InChI is InChI=1S/C21H17FN6O2/c22-14-5-6-15(26-20(29)16-3-1-2-8-24-16)17(9-14)27-21(30)18-12-28-11-13(10-23)4-7-19(28)25-18/h1-9,11-12H,10,23H2,(H,26,29)(H,27,30). The van der Waals surface area contributed by atoms with Gasteiger partial charge in [0.1, 0.15) is 22.9 Å². The van der Waals surface area contributed by atoms with Gasteiger partial charge < -0.3 is 20.8 Å². The van der Waals surface area contributed by atoms with Crippen molar-refractivity contribution in [2.75, 3.05) is 10.6 Å². The molecule has 0 spiro atoms.